The highest BCUT2D eigenvalue weighted by atomic mass is 32.1. The highest BCUT2D eigenvalue weighted by Gasteiger charge is 2.21. The van der Waals surface area contributed by atoms with Crippen LogP contribution in [0.15, 0.2) is 29.6 Å². The Morgan fingerprint density at radius 3 is 2.80 bits per heavy atom. The molecule has 2 aromatic rings. The van der Waals surface area contributed by atoms with Gasteiger partial charge in [0.25, 0.3) is 0 Å². The fourth-order valence-corrected chi connectivity index (χ4v) is 4.26. The molecule has 0 unspecified atom stereocenters. The molecule has 25 heavy (non-hydrogen) atoms. The van der Waals surface area contributed by atoms with Gasteiger partial charge in [0.05, 0.1) is 31.9 Å². The van der Waals surface area contributed by atoms with Crippen molar-refractivity contribution in [2.45, 2.75) is 25.9 Å². The number of ether oxygens (including phenoxy) is 1. The highest BCUT2D eigenvalue weighted by molar-refractivity contribution is 7.09. The van der Waals surface area contributed by atoms with Crippen molar-refractivity contribution >= 4 is 17.2 Å². The molecule has 3 heterocycles. The lowest BCUT2D eigenvalue weighted by Crippen LogP contribution is -2.37. The Bertz CT molecular complexity index is 740. The predicted octanol–water partition coefficient (Wildman–Crippen LogP) is 2.10. The van der Waals surface area contributed by atoms with Crippen LogP contribution in [0.2, 0.25) is 0 Å². The largest absolute Gasteiger partial charge is 0.379 e. The third-order valence-corrected chi connectivity index (χ3v) is 5.76. The van der Waals surface area contributed by atoms with Gasteiger partial charge in [0.15, 0.2) is 0 Å². The lowest BCUT2D eigenvalue weighted by Gasteiger charge is -2.28. The Kier molecular flexibility index (Phi) is 5.10. The van der Waals surface area contributed by atoms with Crippen LogP contribution in [0.1, 0.15) is 21.8 Å². The summed E-state index contributed by atoms with van der Waals surface area (Å²) in [4.78, 5) is 21.6. The molecule has 2 aliphatic heterocycles. The zero-order valence-corrected chi connectivity index (χ0v) is 15.1. The number of carbonyl (C=O) groups is 1. The Hall–Kier alpha value is -1.76. The van der Waals surface area contributed by atoms with Gasteiger partial charge in [-0.15, -0.1) is 11.3 Å². The zero-order chi connectivity index (χ0) is 17.1. The number of amides is 1. The molecule has 6 heteroatoms. The van der Waals surface area contributed by atoms with Crippen molar-refractivity contribution in [3.63, 3.8) is 0 Å². The van der Waals surface area contributed by atoms with E-state index in [-0.39, 0.29) is 5.91 Å². The fraction of sp³-hybridized carbons (Fsp3) is 0.474. The summed E-state index contributed by atoms with van der Waals surface area (Å²) in [7, 11) is 0. The lowest BCUT2D eigenvalue weighted by molar-refractivity contribution is -0.131. The monoisotopic (exact) mass is 357 g/mol. The van der Waals surface area contributed by atoms with Crippen LogP contribution < -0.4 is 0 Å². The van der Waals surface area contributed by atoms with E-state index in [9.17, 15) is 4.79 Å². The summed E-state index contributed by atoms with van der Waals surface area (Å²) in [6.07, 6.45) is 1.35. The van der Waals surface area contributed by atoms with E-state index >= 15 is 0 Å². The second-order valence-corrected chi connectivity index (χ2v) is 7.57. The maximum Gasteiger partial charge on any atom is 0.228 e. The minimum Gasteiger partial charge on any atom is -0.379 e. The SMILES string of the molecule is O=C(Cc1csc(CN2CCOCC2)n1)N1CCc2ccccc2C1. The lowest BCUT2D eigenvalue weighted by atomic mass is 10.00. The van der Waals surface area contributed by atoms with Gasteiger partial charge < -0.3 is 9.64 Å². The second-order valence-electron chi connectivity index (χ2n) is 6.63. The number of carbonyl (C=O) groups excluding carboxylic acids is 1. The molecule has 1 aromatic heterocycles. The van der Waals surface area contributed by atoms with Crippen LogP contribution >= 0.6 is 11.3 Å². The van der Waals surface area contributed by atoms with Crippen LogP contribution in [0, 0.1) is 0 Å². The first-order chi connectivity index (χ1) is 12.3. The maximum atomic E-state index is 12.6. The first-order valence-corrected chi connectivity index (χ1v) is 9.74. The van der Waals surface area contributed by atoms with Crippen molar-refractivity contribution in [2.24, 2.45) is 0 Å². The zero-order valence-electron chi connectivity index (χ0n) is 14.3. The Labute approximate surface area is 152 Å². The number of thiazole rings is 1. The van der Waals surface area contributed by atoms with Gasteiger partial charge in [0.1, 0.15) is 5.01 Å². The first-order valence-electron chi connectivity index (χ1n) is 8.86. The molecule has 132 valence electrons. The fourth-order valence-electron chi connectivity index (χ4n) is 3.43. The van der Waals surface area contributed by atoms with E-state index in [1.165, 1.54) is 11.1 Å². The van der Waals surface area contributed by atoms with Crippen LogP contribution in [-0.4, -0.2) is 53.5 Å². The minimum atomic E-state index is 0.178. The number of hydrogen-bond donors (Lipinski definition) is 0. The minimum absolute atomic E-state index is 0.178. The van der Waals surface area contributed by atoms with Gasteiger partial charge in [-0.1, -0.05) is 24.3 Å². The van der Waals surface area contributed by atoms with Crippen LogP contribution in [0.5, 0.6) is 0 Å². The van der Waals surface area contributed by atoms with Crippen molar-refractivity contribution in [3.05, 3.63) is 51.5 Å². The molecule has 0 radical (unpaired) electrons. The topological polar surface area (TPSA) is 45.7 Å². The maximum absolute atomic E-state index is 12.6. The molecule has 0 N–H and O–H groups in total. The number of nitrogens with zero attached hydrogens (tertiary/aromatic N) is 3. The summed E-state index contributed by atoms with van der Waals surface area (Å²) in [5.41, 5.74) is 3.54. The molecule has 0 spiro atoms. The van der Waals surface area contributed by atoms with Crippen molar-refractivity contribution in [1.82, 2.24) is 14.8 Å². The predicted molar refractivity (Wildman–Crippen MR) is 97.5 cm³/mol. The van der Waals surface area contributed by atoms with E-state index in [4.69, 9.17) is 4.74 Å². The average molecular weight is 357 g/mol. The molecule has 1 aromatic carbocycles. The average Bonchev–Trinajstić information content (AvgIpc) is 3.09. The van der Waals surface area contributed by atoms with Gasteiger partial charge in [-0.25, -0.2) is 4.98 Å². The van der Waals surface area contributed by atoms with E-state index in [0.29, 0.717) is 6.42 Å². The molecule has 0 atom stereocenters. The first kappa shape index (κ1) is 16.7. The summed E-state index contributed by atoms with van der Waals surface area (Å²) < 4.78 is 5.38. The van der Waals surface area contributed by atoms with Crippen LogP contribution in [0.4, 0.5) is 0 Å². The third-order valence-electron chi connectivity index (χ3n) is 4.88. The van der Waals surface area contributed by atoms with Crippen LogP contribution in [-0.2, 0) is 35.5 Å². The van der Waals surface area contributed by atoms with Crippen molar-refractivity contribution in [3.8, 4) is 0 Å². The van der Waals surface area contributed by atoms with Gasteiger partial charge in [-0.2, -0.15) is 0 Å². The molecule has 1 amide bonds. The number of benzene rings is 1. The Morgan fingerprint density at radius 1 is 1.16 bits per heavy atom. The van der Waals surface area contributed by atoms with Gasteiger partial charge in [-0.05, 0) is 17.5 Å². The van der Waals surface area contributed by atoms with E-state index in [2.05, 4.69) is 28.1 Å². The van der Waals surface area contributed by atoms with Crippen LogP contribution in [0.3, 0.4) is 0 Å². The second kappa shape index (κ2) is 7.64. The number of rotatable bonds is 4. The number of aromatic nitrogens is 1. The molecule has 1 fully saturated rings. The summed E-state index contributed by atoms with van der Waals surface area (Å²) in [6, 6.07) is 8.40. The summed E-state index contributed by atoms with van der Waals surface area (Å²) in [6.45, 7) is 5.90. The summed E-state index contributed by atoms with van der Waals surface area (Å²) in [5, 5.41) is 3.12. The van der Waals surface area contributed by atoms with E-state index < -0.39 is 0 Å². The van der Waals surface area contributed by atoms with E-state index in [0.717, 1.165) is 63.1 Å². The van der Waals surface area contributed by atoms with E-state index in [1.54, 1.807) is 11.3 Å². The molecule has 0 bridgehead atoms. The molecule has 0 aliphatic carbocycles. The molecule has 4 rings (SSSR count). The number of morpholine rings is 1. The Balaban J connectivity index is 1.34. The smallest absolute Gasteiger partial charge is 0.228 e. The number of hydrogen-bond acceptors (Lipinski definition) is 5. The van der Waals surface area contributed by atoms with Crippen molar-refractivity contribution in [2.75, 3.05) is 32.8 Å². The Morgan fingerprint density at radius 2 is 1.96 bits per heavy atom. The molecule has 0 saturated carbocycles. The summed E-state index contributed by atoms with van der Waals surface area (Å²) >= 11 is 1.66. The van der Waals surface area contributed by atoms with Crippen molar-refractivity contribution in [1.29, 1.82) is 0 Å². The van der Waals surface area contributed by atoms with Gasteiger partial charge in [-0.3, -0.25) is 9.69 Å². The van der Waals surface area contributed by atoms with Crippen LogP contribution in [0.25, 0.3) is 0 Å². The van der Waals surface area contributed by atoms with Crippen molar-refractivity contribution < 1.29 is 9.53 Å². The molecular formula is C19H23N3O2S. The van der Waals surface area contributed by atoms with Gasteiger partial charge in [0, 0.05) is 31.6 Å². The van der Waals surface area contributed by atoms with Gasteiger partial charge >= 0.3 is 0 Å². The molecular weight excluding hydrogens is 334 g/mol. The quantitative estimate of drug-likeness (QED) is 0.841. The highest BCUT2D eigenvalue weighted by Crippen LogP contribution is 2.20. The molecule has 2 aliphatic rings. The van der Waals surface area contributed by atoms with E-state index in [1.807, 2.05) is 16.3 Å². The molecule has 5 nitrogen and oxygen atoms in total. The standard InChI is InChI=1S/C19H23N3O2S/c23-19(22-6-5-15-3-1-2-4-16(15)12-22)11-17-14-25-18(20-17)13-21-7-9-24-10-8-21/h1-4,14H,5-13H2. The third kappa shape index (κ3) is 4.08. The summed E-state index contributed by atoms with van der Waals surface area (Å²) in [5.74, 6) is 0.178. The number of fused-ring (bicyclic) bond motifs is 1. The molecule has 1 saturated heterocycles. The van der Waals surface area contributed by atoms with Gasteiger partial charge in [0.2, 0.25) is 5.91 Å². The normalized spacial score (nSPS) is 18.2.